The molecule has 4 atom stereocenters. The Morgan fingerprint density at radius 3 is 2.73 bits per heavy atom. The predicted octanol–water partition coefficient (Wildman–Crippen LogP) is 2.33. The summed E-state index contributed by atoms with van der Waals surface area (Å²) in [6.07, 6.45) is 6.02. The average Bonchev–Trinajstić information content (AvgIpc) is 3.46. The third-order valence-corrected chi connectivity index (χ3v) is 8.68. The molecule has 1 aromatic carbocycles. The van der Waals surface area contributed by atoms with Gasteiger partial charge in [0.25, 0.3) is 0 Å². The summed E-state index contributed by atoms with van der Waals surface area (Å²) in [7, 11) is 3.42. The van der Waals surface area contributed by atoms with Crippen LogP contribution in [0, 0.1) is 11.8 Å². The number of ether oxygens (including phenoxy) is 4. The van der Waals surface area contributed by atoms with E-state index >= 15 is 0 Å². The number of hydrogen-bond acceptors (Lipinski definition) is 6. The molecule has 0 saturated carbocycles. The molecule has 0 unspecified atom stereocenters. The molecule has 0 aliphatic carbocycles. The highest BCUT2D eigenvalue weighted by atomic mass is 16.5. The molecular weight excluding hydrogens is 380 g/mol. The Balaban J connectivity index is 1.18. The molecule has 1 aromatic rings. The van der Waals surface area contributed by atoms with E-state index in [1.807, 2.05) is 0 Å². The second-order valence-electron chi connectivity index (χ2n) is 9.92. The highest BCUT2D eigenvalue weighted by Gasteiger charge is 2.61. The van der Waals surface area contributed by atoms with Gasteiger partial charge in [0.2, 0.25) is 0 Å². The minimum atomic E-state index is -0.176. The van der Waals surface area contributed by atoms with E-state index < -0.39 is 0 Å². The van der Waals surface area contributed by atoms with Crippen LogP contribution in [0.5, 0.6) is 11.5 Å². The lowest BCUT2D eigenvalue weighted by molar-refractivity contribution is -0.100. The van der Waals surface area contributed by atoms with Gasteiger partial charge in [0.1, 0.15) is 0 Å². The zero-order valence-corrected chi connectivity index (χ0v) is 18.2. The Kier molecular flexibility index (Phi) is 4.57. The summed E-state index contributed by atoms with van der Waals surface area (Å²) in [4.78, 5) is 2.67. The lowest BCUT2D eigenvalue weighted by Crippen LogP contribution is -2.49. The third-order valence-electron chi connectivity index (χ3n) is 8.68. The Bertz CT molecular complexity index is 818. The minimum absolute atomic E-state index is 0.160. The van der Waals surface area contributed by atoms with Crippen molar-refractivity contribution in [3.8, 4) is 11.5 Å². The van der Waals surface area contributed by atoms with E-state index in [4.69, 9.17) is 18.9 Å². The van der Waals surface area contributed by atoms with Gasteiger partial charge in [-0.1, -0.05) is 0 Å². The molecule has 1 N–H and O–H groups in total. The fraction of sp³-hybridized carbons (Fsp3) is 0.750. The van der Waals surface area contributed by atoms with E-state index in [-0.39, 0.29) is 11.2 Å². The van der Waals surface area contributed by atoms with Crippen LogP contribution >= 0.6 is 0 Å². The number of methoxy groups -OCH3 is 2. The van der Waals surface area contributed by atoms with Crippen LogP contribution in [-0.4, -0.2) is 70.2 Å². The van der Waals surface area contributed by atoms with Crippen LogP contribution in [-0.2, 0) is 21.5 Å². The summed E-state index contributed by atoms with van der Waals surface area (Å²) in [6, 6.07) is 4.32. The van der Waals surface area contributed by atoms with Crippen LogP contribution < -0.4 is 14.8 Å². The molecule has 2 bridgehead atoms. The smallest absolute Gasteiger partial charge is 0.161 e. The van der Waals surface area contributed by atoms with Gasteiger partial charge < -0.3 is 29.2 Å². The van der Waals surface area contributed by atoms with Gasteiger partial charge in [-0.05, 0) is 55.4 Å². The van der Waals surface area contributed by atoms with Crippen LogP contribution in [0.25, 0.3) is 0 Å². The van der Waals surface area contributed by atoms with Crippen molar-refractivity contribution in [3.63, 3.8) is 0 Å². The summed E-state index contributed by atoms with van der Waals surface area (Å²) in [5, 5.41) is 3.60. The summed E-state index contributed by atoms with van der Waals surface area (Å²) < 4.78 is 24.1. The normalized spacial score (nSPS) is 36.7. The van der Waals surface area contributed by atoms with Gasteiger partial charge in [0, 0.05) is 44.6 Å². The van der Waals surface area contributed by atoms with Crippen molar-refractivity contribution >= 4 is 0 Å². The number of nitrogens with zero attached hydrogens (tertiary/aromatic N) is 1. The maximum absolute atomic E-state index is 6.50. The molecule has 4 saturated heterocycles. The van der Waals surface area contributed by atoms with Crippen molar-refractivity contribution in [2.45, 2.75) is 49.4 Å². The standard InChI is InChI=1S/C24H34N2O4/c1-27-21-11-16-4-10-29-23(18(16)12-22(21)28-2)6-8-26(9-7-23)14-17-19-13-25-15-24(19)5-3-20(17)30-24/h11-12,17,19-20,25H,3-10,13-15H2,1-2H3/t17-,19-,20-,24-/m1/s1. The molecule has 6 nitrogen and oxygen atoms in total. The molecule has 164 valence electrons. The monoisotopic (exact) mass is 414 g/mol. The van der Waals surface area contributed by atoms with E-state index in [1.165, 1.54) is 30.5 Å². The van der Waals surface area contributed by atoms with Crippen molar-refractivity contribution in [2.24, 2.45) is 11.8 Å². The third kappa shape index (κ3) is 2.77. The number of likely N-dealkylation sites (tertiary alicyclic amines) is 1. The first kappa shape index (κ1) is 19.4. The Morgan fingerprint density at radius 2 is 1.93 bits per heavy atom. The maximum atomic E-state index is 6.50. The van der Waals surface area contributed by atoms with E-state index in [0.717, 1.165) is 63.5 Å². The largest absolute Gasteiger partial charge is 0.493 e. The van der Waals surface area contributed by atoms with E-state index in [1.54, 1.807) is 14.2 Å². The second-order valence-corrected chi connectivity index (χ2v) is 9.92. The summed E-state index contributed by atoms with van der Waals surface area (Å²) in [5.74, 6) is 3.02. The zero-order valence-electron chi connectivity index (χ0n) is 18.2. The molecule has 6 heteroatoms. The van der Waals surface area contributed by atoms with Gasteiger partial charge in [0.05, 0.1) is 38.1 Å². The SMILES string of the molecule is COc1cc2c(cc1OC)C1(CCN(C[C@@H]3[C@H]4CNC[C@]45CC[C@H]3O5)CC1)OCC2. The van der Waals surface area contributed by atoms with Gasteiger partial charge in [-0.15, -0.1) is 0 Å². The Morgan fingerprint density at radius 1 is 1.13 bits per heavy atom. The van der Waals surface area contributed by atoms with Crippen LogP contribution in [0.1, 0.15) is 36.8 Å². The molecule has 0 radical (unpaired) electrons. The minimum Gasteiger partial charge on any atom is -0.493 e. The summed E-state index contributed by atoms with van der Waals surface area (Å²) in [5.41, 5.74) is 2.65. The molecule has 5 heterocycles. The van der Waals surface area contributed by atoms with Crippen molar-refractivity contribution < 1.29 is 18.9 Å². The molecule has 5 aliphatic heterocycles. The summed E-state index contributed by atoms with van der Waals surface area (Å²) in [6.45, 7) is 6.33. The molecule has 5 aliphatic rings. The fourth-order valence-corrected chi connectivity index (χ4v) is 7.11. The zero-order chi connectivity index (χ0) is 20.3. The van der Waals surface area contributed by atoms with Gasteiger partial charge >= 0.3 is 0 Å². The van der Waals surface area contributed by atoms with Gasteiger partial charge in [-0.3, -0.25) is 0 Å². The number of rotatable bonds is 4. The molecular formula is C24H34N2O4. The van der Waals surface area contributed by atoms with Crippen molar-refractivity contribution in [3.05, 3.63) is 23.3 Å². The lowest BCUT2D eigenvalue weighted by atomic mass is 9.73. The van der Waals surface area contributed by atoms with Crippen molar-refractivity contribution in [1.29, 1.82) is 0 Å². The number of benzene rings is 1. The van der Waals surface area contributed by atoms with Crippen molar-refractivity contribution in [1.82, 2.24) is 10.2 Å². The lowest BCUT2D eigenvalue weighted by Gasteiger charge is -2.46. The van der Waals surface area contributed by atoms with E-state index in [0.29, 0.717) is 17.9 Å². The van der Waals surface area contributed by atoms with E-state index in [9.17, 15) is 0 Å². The highest BCUT2D eigenvalue weighted by Crippen LogP contribution is 2.53. The number of piperidine rings is 1. The fourth-order valence-electron chi connectivity index (χ4n) is 7.11. The second kappa shape index (κ2) is 7.09. The molecule has 0 amide bonds. The summed E-state index contributed by atoms with van der Waals surface area (Å²) >= 11 is 0. The first-order valence-corrected chi connectivity index (χ1v) is 11.7. The van der Waals surface area contributed by atoms with Crippen LogP contribution in [0.15, 0.2) is 12.1 Å². The first-order chi connectivity index (χ1) is 14.7. The van der Waals surface area contributed by atoms with Crippen LogP contribution in [0.3, 0.4) is 0 Å². The highest BCUT2D eigenvalue weighted by molar-refractivity contribution is 5.50. The molecule has 0 aromatic heterocycles. The average molecular weight is 415 g/mol. The van der Waals surface area contributed by atoms with Gasteiger partial charge in [0.15, 0.2) is 11.5 Å². The first-order valence-electron chi connectivity index (χ1n) is 11.7. The molecule has 4 fully saturated rings. The number of hydrogen-bond donors (Lipinski definition) is 1. The van der Waals surface area contributed by atoms with Crippen LogP contribution in [0.2, 0.25) is 0 Å². The van der Waals surface area contributed by atoms with E-state index in [2.05, 4.69) is 22.3 Å². The number of fused-ring (bicyclic) bond motifs is 3. The Labute approximate surface area is 179 Å². The number of nitrogens with one attached hydrogen (secondary N) is 1. The van der Waals surface area contributed by atoms with Gasteiger partial charge in [-0.2, -0.15) is 0 Å². The maximum Gasteiger partial charge on any atom is 0.161 e. The molecule has 6 rings (SSSR count). The quantitative estimate of drug-likeness (QED) is 0.816. The topological polar surface area (TPSA) is 52.2 Å². The predicted molar refractivity (Wildman–Crippen MR) is 113 cm³/mol. The van der Waals surface area contributed by atoms with Gasteiger partial charge in [-0.25, -0.2) is 0 Å². The Hall–Kier alpha value is -1.34. The van der Waals surface area contributed by atoms with Crippen molar-refractivity contribution in [2.75, 3.05) is 53.6 Å². The van der Waals surface area contributed by atoms with Crippen LogP contribution in [0.4, 0.5) is 0 Å². The molecule has 30 heavy (non-hydrogen) atoms. The molecule has 2 spiro atoms.